The van der Waals surface area contributed by atoms with Crippen LogP contribution in [-0.2, 0) is 4.74 Å². The molecule has 2 rings (SSSR count). The number of rotatable bonds is 3. The van der Waals surface area contributed by atoms with Gasteiger partial charge in [-0.05, 0) is 25.0 Å². The van der Waals surface area contributed by atoms with Crippen LogP contribution >= 0.6 is 0 Å². The maximum Gasteiger partial charge on any atom is 0.261 e. The van der Waals surface area contributed by atoms with Gasteiger partial charge in [0.05, 0.1) is 6.10 Å². The van der Waals surface area contributed by atoms with Crippen LogP contribution < -0.4 is 5.73 Å². The average Bonchev–Trinajstić information content (AvgIpc) is 2.46. The fourth-order valence-corrected chi connectivity index (χ4v) is 2.61. The standard InChI is InChI=1S/C14H20N2O4/c1-20-10-5-6-16(9(7-10)8-15)14(19)13-11(17)3-2-4-12(13)18/h2-4,9-10,17-18H,5-8,15H2,1H3. The molecule has 1 amide bonds. The van der Waals surface area contributed by atoms with Crippen molar-refractivity contribution in [3.8, 4) is 11.5 Å². The summed E-state index contributed by atoms with van der Waals surface area (Å²) in [6.45, 7) is 0.812. The first-order valence-corrected chi connectivity index (χ1v) is 6.63. The van der Waals surface area contributed by atoms with Crippen molar-refractivity contribution in [1.29, 1.82) is 0 Å². The van der Waals surface area contributed by atoms with E-state index in [1.165, 1.54) is 18.2 Å². The molecule has 0 bridgehead atoms. The number of phenolic OH excluding ortho intramolecular Hbond substituents is 2. The van der Waals surface area contributed by atoms with Crippen molar-refractivity contribution in [1.82, 2.24) is 4.90 Å². The van der Waals surface area contributed by atoms with Gasteiger partial charge in [0.25, 0.3) is 5.91 Å². The number of piperidine rings is 1. The Bertz CT molecular complexity index is 472. The number of nitrogens with zero attached hydrogens (tertiary/aromatic N) is 1. The molecule has 0 radical (unpaired) electrons. The minimum atomic E-state index is -0.398. The summed E-state index contributed by atoms with van der Waals surface area (Å²) in [5, 5.41) is 19.6. The summed E-state index contributed by atoms with van der Waals surface area (Å²) in [5.74, 6) is -0.843. The lowest BCUT2D eigenvalue weighted by atomic mass is 9.98. The summed E-state index contributed by atoms with van der Waals surface area (Å²) in [6, 6.07) is 4.10. The van der Waals surface area contributed by atoms with Crippen molar-refractivity contribution in [2.75, 3.05) is 20.2 Å². The highest BCUT2D eigenvalue weighted by Gasteiger charge is 2.33. The van der Waals surface area contributed by atoms with E-state index in [1.807, 2.05) is 0 Å². The Balaban J connectivity index is 2.24. The van der Waals surface area contributed by atoms with Gasteiger partial charge >= 0.3 is 0 Å². The van der Waals surface area contributed by atoms with Gasteiger partial charge in [0, 0.05) is 26.2 Å². The number of carbonyl (C=O) groups excluding carboxylic acids is 1. The van der Waals surface area contributed by atoms with E-state index in [0.717, 1.165) is 0 Å². The minimum Gasteiger partial charge on any atom is -0.507 e. The largest absolute Gasteiger partial charge is 0.507 e. The molecule has 110 valence electrons. The van der Waals surface area contributed by atoms with E-state index in [0.29, 0.717) is 25.9 Å². The lowest BCUT2D eigenvalue weighted by Gasteiger charge is -2.38. The summed E-state index contributed by atoms with van der Waals surface area (Å²) in [6.07, 6.45) is 1.46. The van der Waals surface area contributed by atoms with Gasteiger partial charge in [-0.25, -0.2) is 0 Å². The van der Waals surface area contributed by atoms with Crippen LogP contribution in [0.25, 0.3) is 0 Å². The molecule has 4 N–H and O–H groups in total. The van der Waals surface area contributed by atoms with Crippen molar-refractivity contribution >= 4 is 5.91 Å². The van der Waals surface area contributed by atoms with E-state index in [-0.39, 0.29) is 29.2 Å². The highest BCUT2D eigenvalue weighted by molar-refractivity contribution is 5.99. The molecular weight excluding hydrogens is 260 g/mol. The molecule has 1 fully saturated rings. The first-order valence-electron chi connectivity index (χ1n) is 6.63. The SMILES string of the molecule is COC1CCN(C(=O)c2c(O)cccc2O)C(CN)C1. The number of amides is 1. The van der Waals surface area contributed by atoms with E-state index >= 15 is 0 Å². The zero-order valence-electron chi connectivity index (χ0n) is 11.5. The Morgan fingerprint density at radius 3 is 2.65 bits per heavy atom. The Labute approximate surface area is 117 Å². The normalized spacial score (nSPS) is 22.8. The van der Waals surface area contributed by atoms with E-state index in [4.69, 9.17) is 10.5 Å². The maximum absolute atomic E-state index is 12.5. The molecular formula is C14H20N2O4. The van der Waals surface area contributed by atoms with E-state index in [9.17, 15) is 15.0 Å². The molecule has 0 aromatic heterocycles. The van der Waals surface area contributed by atoms with Crippen LogP contribution in [0.5, 0.6) is 11.5 Å². The van der Waals surface area contributed by atoms with E-state index in [2.05, 4.69) is 0 Å². The predicted molar refractivity (Wildman–Crippen MR) is 73.7 cm³/mol. The van der Waals surface area contributed by atoms with Crippen LogP contribution in [-0.4, -0.2) is 53.4 Å². The number of ether oxygens (including phenoxy) is 1. The van der Waals surface area contributed by atoms with Crippen molar-refractivity contribution in [2.45, 2.75) is 25.0 Å². The number of phenols is 2. The van der Waals surface area contributed by atoms with Gasteiger partial charge in [-0.2, -0.15) is 0 Å². The van der Waals surface area contributed by atoms with Crippen LogP contribution in [0.3, 0.4) is 0 Å². The molecule has 2 unspecified atom stereocenters. The maximum atomic E-state index is 12.5. The Morgan fingerprint density at radius 2 is 2.10 bits per heavy atom. The van der Waals surface area contributed by atoms with Crippen molar-refractivity contribution < 1.29 is 19.7 Å². The first-order chi connectivity index (χ1) is 9.58. The molecule has 0 saturated carbocycles. The quantitative estimate of drug-likeness (QED) is 0.756. The summed E-state index contributed by atoms with van der Waals surface area (Å²) in [4.78, 5) is 14.1. The minimum absolute atomic E-state index is 0.0678. The van der Waals surface area contributed by atoms with Crippen LogP contribution in [0.1, 0.15) is 23.2 Å². The lowest BCUT2D eigenvalue weighted by Crippen LogP contribution is -2.51. The third kappa shape index (κ3) is 2.71. The second-order valence-corrected chi connectivity index (χ2v) is 4.94. The summed E-state index contributed by atoms with van der Waals surface area (Å²) in [5.41, 5.74) is 5.66. The highest BCUT2D eigenvalue weighted by Crippen LogP contribution is 2.30. The molecule has 1 saturated heterocycles. The molecule has 1 aromatic carbocycles. The number of methoxy groups -OCH3 is 1. The van der Waals surface area contributed by atoms with Gasteiger partial charge in [-0.15, -0.1) is 0 Å². The number of aromatic hydroxyl groups is 2. The van der Waals surface area contributed by atoms with Crippen LogP contribution in [0.15, 0.2) is 18.2 Å². The third-order valence-electron chi connectivity index (χ3n) is 3.77. The second kappa shape index (κ2) is 6.11. The number of hydrogen-bond acceptors (Lipinski definition) is 5. The molecule has 1 aliphatic rings. The number of likely N-dealkylation sites (tertiary alicyclic amines) is 1. The number of benzene rings is 1. The molecule has 0 aliphatic carbocycles. The molecule has 1 aliphatic heterocycles. The molecule has 2 atom stereocenters. The third-order valence-corrected chi connectivity index (χ3v) is 3.77. The van der Waals surface area contributed by atoms with Crippen molar-refractivity contribution in [3.05, 3.63) is 23.8 Å². The van der Waals surface area contributed by atoms with Crippen LogP contribution in [0.2, 0.25) is 0 Å². The predicted octanol–water partition coefficient (Wildman–Crippen LogP) is 0.676. The molecule has 1 aromatic rings. The summed E-state index contributed by atoms with van der Waals surface area (Å²) in [7, 11) is 1.64. The molecule has 0 spiro atoms. The average molecular weight is 280 g/mol. The molecule has 6 heteroatoms. The second-order valence-electron chi connectivity index (χ2n) is 4.94. The number of carbonyl (C=O) groups is 1. The fourth-order valence-electron chi connectivity index (χ4n) is 2.61. The van der Waals surface area contributed by atoms with E-state index < -0.39 is 5.91 Å². The van der Waals surface area contributed by atoms with Gasteiger partial charge in [0.15, 0.2) is 0 Å². The Hall–Kier alpha value is -1.79. The Morgan fingerprint density at radius 1 is 1.45 bits per heavy atom. The van der Waals surface area contributed by atoms with Gasteiger partial charge < -0.3 is 25.6 Å². The molecule has 1 heterocycles. The highest BCUT2D eigenvalue weighted by atomic mass is 16.5. The van der Waals surface area contributed by atoms with Gasteiger partial charge in [-0.3, -0.25) is 4.79 Å². The number of hydrogen-bond donors (Lipinski definition) is 3. The summed E-state index contributed by atoms with van der Waals surface area (Å²) >= 11 is 0. The zero-order chi connectivity index (χ0) is 14.7. The smallest absolute Gasteiger partial charge is 0.261 e. The first kappa shape index (κ1) is 14.6. The van der Waals surface area contributed by atoms with Crippen LogP contribution in [0.4, 0.5) is 0 Å². The summed E-state index contributed by atoms with van der Waals surface area (Å²) < 4.78 is 5.31. The number of nitrogens with two attached hydrogens (primary N) is 1. The van der Waals surface area contributed by atoms with Gasteiger partial charge in [0.2, 0.25) is 0 Å². The Kier molecular flexibility index (Phi) is 4.46. The fraction of sp³-hybridized carbons (Fsp3) is 0.500. The molecule has 20 heavy (non-hydrogen) atoms. The monoisotopic (exact) mass is 280 g/mol. The topological polar surface area (TPSA) is 96.0 Å². The van der Waals surface area contributed by atoms with Gasteiger partial charge in [-0.1, -0.05) is 6.07 Å². The van der Waals surface area contributed by atoms with Crippen LogP contribution in [0, 0.1) is 0 Å². The zero-order valence-corrected chi connectivity index (χ0v) is 11.5. The van der Waals surface area contributed by atoms with Crippen molar-refractivity contribution in [3.63, 3.8) is 0 Å². The van der Waals surface area contributed by atoms with Crippen molar-refractivity contribution in [2.24, 2.45) is 5.73 Å². The molecule has 6 nitrogen and oxygen atoms in total. The van der Waals surface area contributed by atoms with Gasteiger partial charge in [0.1, 0.15) is 17.1 Å². The lowest BCUT2D eigenvalue weighted by molar-refractivity contribution is 0.0136. The van der Waals surface area contributed by atoms with E-state index in [1.54, 1.807) is 12.0 Å².